The molecule has 0 bridgehead atoms. The fraction of sp³-hybridized carbons (Fsp3) is 0.412. The van der Waals surface area contributed by atoms with Gasteiger partial charge in [0.2, 0.25) is 0 Å². The number of carbonyl (C=O) groups excluding carboxylic acids is 1. The zero-order valence-corrected chi connectivity index (χ0v) is 17.7. The van der Waals surface area contributed by atoms with E-state index in [2.05, 4.69) is 9.71 Å². The van der Waals surface area contributed by atoms with Crippen molar-refractivity contribution >= 4 is 44.2 Å². The lowest BCUT2D eigenvalue weighted by atomic mass is 10.2. The standard InChI is InChI=1S/C17H22ClN3O4S2/c1-4-21(5-2)17(22)25-10-9-13-11-19-16(26-13)20-27(23,24)15-8-6-7-14(18)12(15)3/h6-8,11H,4-5,9-10H2,1-3H3,(H,19,20). The lowest BCUT2D eigenvalue weighted by molar-refractivity contribution is 0.107. The molecule has 0 saturated heterocycles. The summed E-state index contributed by atoms with van der Waals surface area (Å²) in [6, 6.07) is 4.71. The summed E-state index contributed by atoms with van der Waals surface area (Å²) < 4.78 is 32.8. The summed E-state index contributed by atoms with van der Waals surface area (Å²) in [5.74, 6) is 0. The maximum absolute atomic E-state index is 12.6. The van der Waals surface area contributed by atoms with Gasteiger partial charge in [-0.15, -0.1) is 11.3 Å². The third-order valence-electron chi connectivity index (χ3n) is 3.88. The van der Waals surface area contributed by atoms with Gasteiger partial charge in [-0.2, -0.15) is 0 Å². The Morgan fingerprint density at radius 2 is 2.04 bits per heavy atom. The molecule has 1 heterocycles. The Hall–Kier alpha value is -1.84. The molecule has 0 spiro atoms. The minimum atomic E-state index is -3.78. The van der Waals surface area contributed by atoms with Crippen molar-refractivity contribution < 1.29 is 17.9 Å². The summed E-state index contributed by atoms with van der Waals surface area (Å²) in [4.78, 5) is 18.4. The zero-order valence-electron chi connectivity index (χ0n) is 15.4. The van der Waals surface area contributed by atoms with Crippen LogP contribution in [0.4, 0.5) is 9.93 Å². The van der Waals surface area contributed by atoms with Crippen LogP contribution >= 0.6 is 22.9 Å². The highest BCUT2D eigenvalue weighted by atomic mass is 35.5. The molecular formula is C17H22ClN3O4S2. The van der Waals surface area contributed by atoms with E-state index in [0.29, 0.717) is 30.1 Å². The molecule has 1 N–H and O–H groups in total. The Morgan fingerprint density at radius 1 is 1.33 bits per heavy atom. The molecule has 0 unspecified atom stereocenters. The number of sulfonamides is 1. The molecule has 1 aromatic carbocycles. The summed E-state index contributed by atoms with van der Waals surface area (Å²) in [5.41, 5.74) is 0.478. The van der Waals surface area contributed by atoms with E-state index in [1.807, 2.05) is 13.8 Å². The van der Waals surface area contributed by atoms with Crippen LogP contribution in [0.2, 0.25) is 5.02 Å². The molecule has 10 heteroatoms. The minimum Gasteiger partial charge on any atom is -0.449 e. The smallest absolute Gasteiger partial charge is 0.409 e. The van der Waals surface area contributed by atoms with Crippen molar-refractivity contribution in [3.8, 4) is 0 Å². The van der Waals surface area contributed by atoms with E-state index in [-0.39, 0.29) is 22.7 Å². The van der Waals surface area contributed by atoms with E-state index in [4.69, 9.17) is 16.3 Å². The Morgan fingerprint density at radius 3 is 2.70 bits per heavy atom. The van der Waals surface area contributed by atoms with Crippen LogP contribution < -0.4 is 4.72 Å². The molecular weight excluding hydrogens is 410 g/mol. The molecule has 1 aromatic heterocycles. The first-order valence-electron chi connectivity index (χ1n) is 8.42. The highest BCUT2D eigenvalue weighted by Gasteiger charge is 2.20. The highest BCUT2D eigenvalue weighted by Crippen LogP contribution is 2.26. The molecule has 0 atom stereocenters. The average Bonchev–Trinajstić information content (AvgIpc) is 3.04. The molecule has 148 valence electrons. The van der Waals surface area contributed by atoms with E-state index in [1.165, 1.54) is 17.4 Å². The van der Waals surface area contributed by atoms with Gasteiger partial charge in [0.05, 0.1) is 11.5 Å². The number of hydrogen-bond donors (Lipinski definition) is 1. The molecule has 0 aliphatic heterocycles. The number of nitrogens with one attached hydrogen (secondary N) is 1. The SMILES string of the molecule is CCN(CC)C(=O)OCCc1cnc(NS(=O)(=O)c2cccc(Cl)c2C)s1. The summed E-state index contributed by atoms with van der Waals surface area (Å²) in [6.45, 7) is 6.79. The first-order chi connectivity index (χ1) is 12.8. The van der Waals surface area contributed by atoms with E-state index in [1.54, 1.807) is 30.2 Å². The van der Waals surface area contributed by atoms with E-state index < -0.39 is 10.0 Å². The summed E-state index contributed by atoms with van der Waals surface area (Å²) in [5, 5.41) is 0.632. The van der Waals surface area contributed by atoms with E-state index in [0.717, 1.165) is 4.88 Å². The second kappa shape index (κ2) is 9.38. The number of hydrogen-bond acceptors (Lipinski definition) is 6. The molecule has 0 aliphatic rings. The van der Waals surface area contributed by atoms with Gasteiger partial charge in [0.1, 0.15) is 0 Å². The van der Waals surface area contributed by atoms with Crippen molar-refractivity contribution in [2.24, 2.45) is 0 Å². The normalized spacial score (nSPS) is 11.3. The van der Waals surface area contributed by atoms with Gasteiger partial charge in [0.25, 0.3) is 10.0 Å². The van der Waals surface area contributed by atoms with Crippen molar-refractivity contribution in [3.63, 3.8) is 0 Å². The number of anilines is 1. The van der Waals surface area contributed by atoms with E-state index >= 15 is 0 Å². The molecule has 2 aromatic rings. The third-order valence-corrected chi connectivity index (χ3v) is 6.87. The maximum atomic E-state index is 12.6. The van der Waals surface area contributed by atoms with Crippen molar-refractivity contribution in [1.82, 2.24) is 9.88 Å². The van der Waals surface area contributed by atoms with Crippen molar-refractivity contribution in [3.05, 3.63) is 39.9 Å². The Balaban J connectivity index is 1.97. The number of ether oxygens (including phenoxy) is 1. The second-order valence-corrected chi connectivity index (χ2v) is 8.81. The van der Waals surface area contributed by atoms with Gasteiger partial charge in [0.15, 0.2) is 5.13 Å². The number of halogens is 1. The Labute approximate surface area is 168 Å². The molecule has 27 heavy (non-hydrogen) atoms. The van der Waals surface area contributed by atoms with Crippen LogP contribution in [0.25, 0.3) is 0 Å². The minimum absolute atomic E-state index is 0.111. The summed E-state index contributed by atoms with van der Waals surface area (Å²) in [7, 11) is -3.78. The average molecular weight is 432 g/mol. The molecule has 0 fully saturated rings. The predicted octanol–water partition coefficient (Wildman–Crippen LogP) is 3.93. The first-order valence-corrected chi connectivity index (χ1v) is 11.1. The maximum Gasteiger partial charge on any atom is 0.409 e. The topological polar surface area (TPSA) is 88.6 Å². The van der Waals surface area contributed by atoms with Gasteiger partial charge in [-0.1, -0.05) is 17.7 Å². The summed E-state index contributed by atoms with van der Waals surface area (Å²) in [6.07, 6.45) is 1.67. The van der Waals surface area contributed by atoms with Gasteiger partial charge in [0, 0.05) is 35.6 Å². The molecule has 0 aliphatic carbocycles. The molecule has 2 rings (SSSR count). The van der Waals surface area contributed by atoms with Crippen LogP contribution in [0, 0.1) is 6.92 Å². The number of nitrogens with zero attached hydrogens (tertiary/aromatic N) is 2. The molecule has 0 radical (unpaired) electrons. The Kier molecular flexibility index (Phi) is 7.46. The number of amides is 1. The van der Waals surface area contributed by atoms with Gasteiger partial charge in [-0.25, -0.2) is 18.2 Å². The zero-order chi connectivity index (χ0) is 20.0. The molecule has 1 amide bonds. The largest absolute Gasteiger partial charge is 0.449 e. The van der Waals surface area contributed by atoms with E-state index in [9.17, 15) is 13.2 Å². The highest BCUT2D eigenvalue weighted by molar-refractivity contribution is 7.93. The fourth-order valence-corrected chi connectivity index (χ4v) is 4.87. The van der Waals surface area contributed by atoms with Crippen molar-refractivity contribution in [2.45, 2.75) is 32.1 Å². The number of aromatic nitrogens is 1. The van der Waals surface area contributed by atoms with Crippen LogP contribution in [0.3, 0.4) is 0 Å². The number of benzene rings is 1. The predicted molar refractivity (Wildman–Crippen MR) is 107 cm³/mol. The Bertz CT molecular complexity index is 895. The van der Waals surface area contributed by atoms with Crippen molar-refractivity contribution in [2.75, 3.05) is 24.4 Å². The van der Waals surface area contributed by atoms with Crippen LogP contribution in [-0.4, -0.2) is 44.1 Å². The third kappa shape index (κ3) is 5.57. The fourth-order valence-electron chi connectivity index (χ4n) is 2.33. The molecule has 7 nitrogen and oxygen atoms in total. The second-order valence-electron chi connectivity index (χ2n) is 5.64. The monoisotopic (exact) mass is 431 g/mol. The van der Waals surface area contributed by atoms with Gasteiger partial charge in [-0.3, -0.25) is 4.72 Å². The lowest BCUT2D eigenvalue weighted by Gasteiger charge is -2.17. The van der Waals surface area contributed by atoms with Crippen LogP contribution in [0.1, 0.15) is 24.3 Å². The van der Waals surface area contributed by atoms with Crippen LogP contribution in [0.15, 0.2) is 29.3 Å². The molecule has 0 saturated carbocycles. The quantitative estimate of drug-likeness (QED) is 0.684. The number of thiazole rings is 1. The first kappa shape index (κ1) is 21.5. The van der Waals surface area contributed by atoms with Crippen molar-refractivity contribution in [1.29, 1.82) is 0 Å². The van der Waals surface area contributed by atoms with Crippen LogP contribution in [0.5, 0.6) is 0 Å². The van der Waals surface area contributed by atoms with Gasteiger partial charge >= 0.3 is 6.09 Å². The summed E-state index contributed by atoms with van der Waals surface area (Å²) >= 11 is 7.20. The van der Waals surface area contributed by atoms with Crippen LogP contribution in [-0.2, 0) is 21.2 Å². The van der Waals surface area contributed by atoms with Gasteiger partial charge < -0.3 is 9.64 Å². The lowest BCUT2D eigenvalue weighted by Crippen LogP contribution is -2.31. The number of carbonyl (C=O) groups is 1. The van der Waals surface area contributed by atoms with Gasteiger partial charge in [-0.05, 0) is 38.5 Å². The number of rotatable bonds is 8.